The highest BCUT2D eigenvalue weighted by Crippen LogP contribution is 2.34. The van der Waals surface area contributed by atoms with E-state index in [9.17, 15) is 14.6 Å². The van der Waals surface area contributed by atoms with Crippen LogP contribution in [-0.4, -0.2) is 28.3 Å². The first-order chi connectivity index (χ1) is 10.5. The van der Waals surface area contributed by atoms with E-state index in [2.05, 4.69) is 4.98 Å². The van der Waals surface area contributed by atoms with E-state index in [4.69, 9.17) is 0 Å². The lowest BCUT2D eigenvalue weighted by Crippen LogP contribution is -2.31. The van der Waals surface area contributed by atoms with Crippen LogP contribution in [0.3, 0.4) is 0 Å². The molecular formula is C17H19FN2O2. The number of hydrogen-bond acceptors (Lipinski definition) is 4. The minimum absolute atomic E-state index is 0.312. The van der Waals surface area contributed by atoms with E-state index < -0.39 is 11.7 Å². The van der Waals surface area contributed by atoms with Gasteiger partial charge in [0.2, 0.25) is 0 Å². The molecule has 2 aromatic rings. The van der Waals surface area contributed by atoms with Crippen molar-refractivity contribution in [1.82, 2.24) is 4.98 Å². The van der Waals surface area contributed by atoms with Gasteiger partial charge in [0.25, 0.3) is 0 Å². The van der Waals surface area contributed by atoms with E-state index >= 15 is 0 Å². The number of hydrogen-bond donors (Lipinski definition) is 2. The van der Waals surface area contributed by atoms with Crippen LogP contribution in [0.4, 0.5) is 10.2 Å². The molecule has 2 atom stereocenters. The fourth-order valence-corrected chi connectivity index (χ4v) is 2.83. The molecule has 0 amide bonds. The molecule has 2 heterocycles. The number of aromatic nitrogens is 1. The first-order valence-corrected chi connectivity index (χ1v) is 7.36. The molecular weight excluding hydrogens is 283 g/mol. The van der Waals surface area contributed by atoms with E-state index in [1.807, 2.05) is 17.0 Å². The van der Waals surface area contributed by atoms with Crippen molar-refractivity contribution in [3.8, 4) is 0 Å². The van der Waals surface area contributed by atoms with Crippen LogP contribution in [0.5, 0.6) is 0 Å². The number of benzene rings is 1. The predicted octanol–water partition coefficient (Wildman–Crippen LogP) is 2.37. The first-order valence-electron chi connectivity index (χ1n) is 7.36. The topological polar surface area (TPSA) is 56.6 Å². The minimum atomic E-state index is -1.00. The summed E-state index contributed by atoms with van der Waals surface area (Å²) in [4.78, 5) is 6.41. The lowest BCUT2D eigenvalue weighted by molar-refractivity contribution is 0.0605. The molecule has 0 bridgehead atoms. The second-order valence-corrected chi connectivity index (χ2v) is 5.81. The van der Waals surface area contributed by atoms with E-state index in [0.717, 1.165) is 5.82 Å². The molecule has 1 fully saturated rings. The number of β-amino-alcohol motifs (C(OH)–C–C–N with tert-alkyl or cyclic N) is 1. The highest BCUT2D eigenvalue weighted by Gasteiger charge is 2.38. The third-order valence-corrected chi connectivity index (χ3v) is 4.14. The first kappa shape index (κ1) is 14.9. The minimum Gasteiger partial charge on any atom is -0.387 e. The van der Waals surface area contributed by atoms with Gasteiger partial charge in [-0.25, -0.2) is 9.37 Å². The largest absolute Gasteiger partial charge is 0.387 e. The van der Waals surface area contributed by atoms with Gasteiger partial charge in [-0.15, -0.1) is 0 Å². The zero-order valence-electron chi connectivity index (χ0n) is 12.4. The summed E-state index contributed by atoms with van der Waals surface area (Å²) in [6.45, 7) is 2.73. The summed E-state index contributed by atoms with van der Waals surface area (Å²) in [5.74, 6) is 0.421. The number of halogens is 1. The lowest BCUT2D eigenvalue weighted by Gasteiger charge is -2.24. The summed E-state index contributed by atoms with van der Waals surface area (Å²) in [7, 11) is 0. The van der Waals surface area contributed by atoms with Crippen LogP contribution in [0.15, 0.2) is 42.5 Å². The molecule has 1 aromatic heterocycles. The number of nitrogens with zero attached hydrogens (tertiary/aromatic N) is 2. The molecule has 0 saturated carbocycles. The van der Waals surface area contributed by atoms with Crippen LogP contribution < -0.4 is 4.90 Å². The summed E-state index contributed by atoms with van der Waals surface area (Å²) < 4.78 is 13.0. The molecule has 1 aromatic carbocycles. The second kappa shape index (κ2) is 5.66. The fourth-order valence-electron chi connectivity index (χ4n) is 2.83. The van der Waals surface area contributed by atoms with E-state index in [0.29, 0.717) is 30.8 Å². The molecule has 0 spiro atoms. The van der Waals surface area contributed by atoms with Gasteiger partial charge in [0.05, 0.1) is 18.3 Å². The van der Waals surface area contributed by atoms with Gasteiger partial charge in [0.1, 0.15) is 17.2 Å². The fraction of sp³-hybridized carbons (Fsp3) is 0.353. The molecule has 2 unspecified atom stereocenters. The van der Waals surface area contributed by atoms with Crippen molar-refractivity contribution in [2.45, 2.75) is 25.0 Å². The molecule has 2 N–H and O–H groups in total. The normalized spacial score (nSPS) is 22.8. The van der Waals surface area contributed by atoms with Crippen molar-refractivity contribution < 1.29 is 14.6 Å². The Labute approximate surface area is 128 Å². The second-order valence-electron chi connectivity index (χ2n) is 5.81. The van der Waals surface area contributed by atoms with Crippen molar-refractivity contribution >= 4 is 5.82 Å². The van der Waals surface area contributed by atoms with Gasteiger partial charge >= 0.3 is 0 Å². The highest BCUT2D eigenvalue weighted by atomic mass is 19.1. The van der Waals surface area contributed by atoms with E-state index in [1.54, 1.807) is 25.1 Å². The molecule has 3 rings (SSSR count). The Hall–Kier alpha value is -1.98. The average molecular weight is 302 g/mol. The molecule has 22 heavy (non-hydrogen) atoms. The Bertz CT molecular complexity index is 660. The van der Waals surface area contributed by atoms with Gasteiger partial charge in [0, 0.05) is 6.54 Å². The van der Waals surface area contributed by atoms with Crippen molar-refractivity contribution in [2.24, 2.45) is 0 Å². The van der Waals surface area contributed by atoms with Crippen molar-refractivity contribution in [1.29, 1.82) is 0 Å². The average Bonchev–Trinajstić information content (AvgIpc) is 2.92. The standard InChI is InChI=1S/C17H19FN2O2/c1-12(21)15-3-2-4-16(19-15)20-10-9-17(22,11-20)13-5-7-14(18)8-6-13/h2-8,12,21-22H,9-11H2,1H3. The molecule has 1 aliphatic rings. The maximum absolute atomic E-state index is 13.0. The van der Waals surface area contributed by atoms with Crippen LogP contribution in [0.25, 0.3) is 0 Å². The number of rotatable bonds is 3. The van der Waals surface area contributed by atoms with Gasteiger partial charge in [-0.3, -0.25) is 0 Å². The van der Waals surface area contributed by atoms with Crippen molar-refractivity contribution in [3.05, 3.63) is 59.5 Å². The quantitative estimate of drug-likeness (QED) is 0.914. The Balaban J connectivity index is 1.82. The Morgan fingerprint density at radius 2 is 1.95 bits per heavy atom. The zero-order valence-corrected chi connectivity index (χ0v) is 12.4. The maximum atomic E-state index is 13.0. The molecule has 0 radical (unpaired) electrons. The molecule has 1 saturated heterocycles. The summed E-state index contributed by atoms with van der Waals surface area (Å²) in [6.07, 6.45) is -0.0716. The molecule has 4 nitrogen and oxygen atoms in total. The van der Waals surface area contributed by atoms with E-state index in [1.165, 1.54) is 12.1 Å². The van der Waals surface area contributed by atoms with Gasteiger partial charge in [-0.1, -0.05) is 18.2 Å². The van der Waals surface area contributed by atoms with Crippen LogP contribution in [0.2, 0.25) is 0 Å². The third-order valence-electron chi connectivity index (χ3n) is 4.14. The maximum Gasteiger partial charge on any atom is 0.129 e. The van der Waals surface area contributed by atoms with Crippen LogP contribution in [0, 0.1) is 5.82 Å². The van der Waals surface area contributed by atoms with Crippen LogP contribution in [0.1, 0.15) is 30.7 Å². The highest BCUT2D eigenvalue weighted by molar-refractivity contribution is 5.43. The van der Waals surface area contributed by atoms with E-state index in [-0.39, 0.29) is 5.82 Å². The number of aliphatic hydroxyl groups is 2. The Morgan fingerprint density at radius 1 is 1.23 bits per heavy atom. The Kier molecular flexibility index (Phi) is 3.85. The van der Waals surface area contributed by atoms with Crippen molar-refractivity contribution in [2.75, 3.05) is 18.0 Å². The SMILES string of the molecule is CC(O)c1cccc(N2CCC(O)(c3ccc(F)cc3)C2)n1. The predicted molar refractivity (Wildman–Crippen MR) is 82.0 cm³/mol. The number of anilines is 1. The molecule has 0 aliphatic carbocycles. The van der Waals surface area contributed by atoms with Gasteiger partial charge in [0.15, 0.2) is 0 Å². The molecule has 5 heteroatoms. The molecule has 1 aliphatic heterocycles. The van der Waals surface area contributed by atoms with Crippen molar-refractivity contribution in [3.63, 3.8) is 0 Å². The van der Waals surface area contributed by atoms with Gasteiger partial charge < -0.3 is 15.1 Å². The number of pyridine rings is 1. The third kappa shape index (κ3) is 2.82. The Morgan fingerprint density at radius 3 is 2.64 bits per heavy atom. The summed E-state index contributed by atoms with van der Waals surface area (Å²) in [5, 5.41) is 20.5. The van der Waals surface area contributed by atoms with Gasteiger partial charge in [-0.2, -0.15) is 0 Å². The summed E-state index contributed by atoms with van der Waals surface area (Å²) in [6, 6.07) is 11.5. The van der Waals surface area contributed by atoms with Crippen LogP contribution in [-0.2, 0) is 5.60 Å². The molecule has 116 valence electrons. The monoisotopic (exact) mass is 302 g/mol. The zero-order chi connectivity index (χ0) is 15.7. The number of aliphatic hydroxyl groups excluding tert-OH is 1. The smallest absolute Gasteiger partial charge is 0.129 e. The summed E-state index contributed by atoms with van der Waals surface area (Å²) >= 11 is 0. The van der Waals surface area contributed by atoms with Gasteiger partial charge in [-0.05, 0) is 43.2 Å². The summed E-state index contributed by atoms with van der Waals surface area (Å²) in [5.41, 5.74) is 0.314. The van der Waals surface area contributed by atoms with Crippen LogP contribution >= 0.6 is 0 Å². The lowest BCUT2D eigenvalue weighted by atomic mass is 9.93.